The van der Waals surface area contributed by atoms with Gasteiger partial charge in [0.15, 0.2) is 11.6 Å². The summed E-state index contributed by atoms with van der Waals surface area (Å²) in [5.41, 5.74) is 0.168. The number of carbonyl (C=O) groups is 1. The molecule has 1 fully saturated rings. The van der Waals surface area contributed by atoms with Crippen LogP contribution in [0.25, 0.3) is 0 Å². The highest BCUT2D eigenvalue weighted by Crippen LogP contribution is 2.55. The van der Waals surface area contributed by atoms with Crippen molar-refractivity contribution in [3.8, 4) is 17.2 Å². The minimum absolute atomic E-state index is 0.0793. The maximum Gasteiger partial charge on any atom is 0.320 e. The van der Waals surface area contributed by atoms with Crippen LogP contribution in [-0.4, -0.2) is 23.7 Å². The average Bonchev–Trinajstić information content (AvgIpc) is 3.46. The van der Waals surface area contributed by atoms with Gasteiger partial charge < -0.3 is 14.8 Å². The molecule has 9 heteroatoms. The number of hydrogen-bond acceptors (Lipinski definition) is 4. The van der Waals surface area contributed by atoms with Crippen molar-refractivity contribution < 1.29 is 27.4 Å². The predicted molar refractivity (Wildman–Crippen MR) is 105 cm³/mol. The maximum absolute atomic E-state index is 14.2. The van der Waals surface area contributed by atoms with E-state index in [1.54, 1.807) is 12.1 Å². The molecule has 2 aliphatic rings. The Morgan fingerprint density at radius 1 is 1.00 bits per heavy atom. The van der Waals surface area contributed by atoms with Crippen molar-refractivity contribution >= 4 is 11.8 Å². The van der Waals surface area contributed by atoms with E-state index in [9.17, 15) is 18.0 Å². The SMILES string of the molecule is O=C(Nc1ccc(Oc2ccc(F)cc2)cn1)NC1C2COc3c(F)ccc(F)c3C21. The van der Waals surface area contributed by atoms with Gasteiger partial charge in [0.1, 0.15) is 29.0 Å². The summed E-state index contributed by atoms with van der Waals surface area (Å²) in [4.78, 5) is 16.4. The molecule has 158 valence electrons. The number of pyridine rings is 1. The summed E-state index contributed by atoms with van der Waals surface area (Å²) in [6.45, 7) is 0.205. The van der Waals surface area contributed by atoms with Gasteiger partial charge in [-0.2, -0.15) is 0 Å². The lowest BCUT2D eigenvalue weighted by Gasteiger charge is -2.16. The molecule has 3 atom stereocenters. The van der Waals surface area contributed by atoms with Crippen LogP contribution in [0.1, 0.15) is 11.5 Å². The van der Waals surface area contributed by atoms with Gasteiger partial charge in [-0.1, -0.05) is 0 Å². The highest BCUT2D eigenvalue weighted by atomic mass is 19.1. The minimum atomic E-state index is -0.614. The van der Waals surface area contributed by atoms with Crippen LogP contribution in [-0.2, 0) is 0 Å². The molecule has 0 saturated heterocycles. The Labute approximate surface area is 175 Å². The molecule has 0 radical (unpaired) electrons. The smallest absolute Gasteiger partial charge is 0.320 e. The summed E-state index contributed by atoms with van der Waals surface area (Å²) in [6, 6.07) is 9.90. The van der Waals surface area contributed by atoms with Crippen molar-refractivity contribution in [1.82, 2.24) is 10.3 Å². The van der Waals surface area contributed by atoms with E-state index in [0.29, 0.717) is 11.5 Å². The van der Waals surface area contributed by atoms with Crippen LogP contribution in [0.3, 0.4) is 0 Å². The first-order valence-corrected chi connectivity index (χ1v) is 9.57. The average molecular weight is 427 g/mol. The van der Waals surface area contributed by atoms with E-state index in [4.69, 9.17) is 9.47 Å². The van der Waals surface area contributed by atoms with Crippen molar-refractivity contribution in [1.29, 1.82) is 0 Å². The highest BCUT2D eigenvalue weighted by molar-refractivity contribution is 5.89. The van der Waals surface area contributed by atoms with Crippen molar-refractivity contribution in [3.63, 3.8) is 0 Å². The molecule has 2 amide bonds. The number of nitrogens with zero attached hydrogens (tertiary/aromatic N) is 1. The number of nitrogens with one attached hydrogen (secondary N) is 2. The number of ether oxygens (including phenoxy) is 2. The quantitative estimate of drug-likeness (QED) is 0.639. The van der Waals surface area contributed by atoms with Gasteiger partial charge in [-0.05, 0) is 48.5 Å². The van der Waals surface area contributed by atoms with E-state index in [-0.39, 0.29) is 47.4 Å². The van der Waals surface area contributed by atoms with Crippen LogP contribution in [0.2, 0.25) is 0 Å². The van der Waals surface area contributed by atoms with Crippen LogP contribution in [0.15, 0.2) is 54.7 Å². The molecule has 6 nitrogen and oxygen atoms in total. The minimum Gasteiger partial charge on any atom is -0.490 e. The van der Waals surface area contributed by atoms with Gasteiger partial charge in [-0.15, -0.1) is 0 Å². The molecule has 3 aromatic rings. The number of benzene rings is 2. The fourth-order valence-electron chi connectivity index (χ4n) is 3.81. The topological polar surface area (TPSA) is 72.5 Å². The summed E-state index contributed by atoms with van der Waals surface area (Å²) in [6.07, 6.45) is 1.41. The normalized spacial score (nSPS) is 20.7. The molecular formula is C22H16F3N3O3. The summed E-state index contributed by atoms with van der Waals surface area (Å²) >= 11 is 0. The standard InChI is InChI=1S/C22H16F3N3O3/c23-11-1-3-12(4-2-11)31-13-5-8-17(26-9-13)27-22(29)28-20-14-10-30-21-16(25)7-6-15(24)19(21)18(14)20/h1-9,14,18,20H,10H2,(H2,26,27,28,29). The van der Waals surface area contributed by atoms with E-state index in [1.165, 1.54) is 30.5 Å². The molecule has 31 heavy (non-hydrogen) atoms. The zero-order valence-electron chi connectivity index (χ0n) is 15.9. The zero-order chi connectivity index (χ0) is 21.5. The Hall–Kier alpha value is -3.75. The monoisotopic (exact) mass is 427 g/mol. The van der Waals surface area contributed by atoms with Crippen molar-refractivity contribution in [3.05, 3.63) is 77.7 Å². The summed E-state index contributed by atoms with van der Waals surface area (Å²) in [5, 5.41) is 5.36. The van der Waals surface area contributed by atoms with Gasteiger partial charge >= 0.3 is 6.03 Å². The van der Waals surface area contributed by atoms with Gasteiger partial charge in [0, 0.05) is 23.4 Å². The maximum atomic E-state index is 14.2. The largest absolute Gasteiger partial charge is 0.490 e. The van der Waals surface area contributed by atoms with E-state index in [0.717, 1.165) is 12.1 Å². The number of urea groups is 1. The molecule has 2 heterocycles. The molecule has 2 N–H and O–H groups in total. The van der Waals surface area contributed by atoms with E-state index < -0.39 is 17.7 Å². The number of anilines is 1. The van der Waals surface area contributed by atoms with Crippen LogP contribution in [0, 0.1) is 23.4 Å². The molecule has 1 aromatic heterocycles. The number of hydrogen-bond donors (Lipinski definition) is 2. The van der Waals surface area contributed by atoms with Gasteiger partial charge in [0.2, 0.25) is 0 Å². The molecule has 2 aromatic carbocycles. The van der Waals surface area contributed by atoms with Gasteiger partial charge in [0.25, 0.3) is 0 Å². The Morgan fingerprint density at radius 2 is 1.74 bits per heavy atom. The molecular weight excluding hydrogens is 411 g/mol. The van der Waals surface area contributed by atoms with Crippen molar-refractivity contribution in [2.24, 2.45) is 5.92 Å². The lowest BCUT2D eigenvalue weighted by atomic mass is 10.0. The summed E-state index contributed by atoms with van der Waals surface area (Å²) in [7, 11) is 0. The van der Waals surface area contributed by atoms with E-state index in [2.05, 4.69) is 15.6 Å². The Kier molecular flexibility index (Phi) is 4.65. The zero-order valence-corrected chi connectivity index (χ0v) is 15.9. The number of fused-ring (bicyclic) bond motifs is 3. The van der Waals surface area contributed by atoms with E-state index >= 15 is 0 Å². The Balaban J connectivity index is 1.20. The van der Waals surface area contributed by atoms with Crippen LogP contribution < -0.4 is 20.1 Å². The Bertz CT molecular complexity index is 1140. The molecule has 1 aliphatic heterocycles. The molecule has 1 saturated carbocycles. The molecule has 1 aliphatic carbocycles. The predicted octanol–water partition coefficient (Wildman–Crippen LogP) is 4.59. The molecule has 5 rings (SSSR count). The summed E-state index contributed by atoms with van der Waals surface area (Å²) < 4.78 is 51.9. The third-order valence-electron chi connectivity index (χ3n) is 5.34. The third-order valence-corrected chi connectivity index (χ3v) is 5.34. The Morgan fingerprint density at radius 3 is 2.48 bits per heavy atom. The van der Waals surface area contributed by atoms with Gasteiger partial charge in [0.05, 0.1) is 12.8 Å². The highest BCUT2D eigenvalue weighted by Gasteiger charge is 2.57. The lowest BCUT2D eigenvalue weighted by molar-refractivity contribution is 0.247. The molecule has 0 spiro atoms. The number of rotatable bonds is 4. The third kappa shape index (κ3) is 3.74. The van der Waals surface area contributed by atoms with Crippen molar-refractivity contribution in [2.45, 2.75) is 12.0 Å². The van der Waals surface area contributed by atoms with Crippen LogP contribution in [0.4, 0.5) is 23.8 Å². The second-order valence-electron chi connectivity index (χ2n) is 7.33. The van der Waals surface area contributed by atoms with Crippen LogP contribution in [0.5, 0.6) is 17.2 Å². The lowest BCUT2D eigenvalue weighted by Crippen LogP contribution is -2.32. The fourth-order valence-corrected chi connectivity index (χ4v) is 3.81. The summed E-state index contributed by atoms with van der Waals surface area (Å²) in [5.74, 6) is -0.911. The molecule has 3 unspecified atom stereocenters. The second kappa shape index (κ2) is 7.50. The number of amides is 2. The van der Waals surface area contributed by atoms with Gasteiger partial charge in [-0.25, -0.2) is 22.9 Å². The molecule has 0 bridgehead atoms. The van der Waals surface area contributed by atoms with Crippen molar-refractivity contribution in [2.75, 3.05) is 11.9 Å². The van der Waals surface area contributed by atoms with Crippen LogP contribution >= 0.6 is 0 Å². The number of halogens is 3. The second-order valence-corrected chi connectivity index (χ2v) is 7.33. The first kappa shape index (κ1) is 19.2. The van der Waals surface area contributed by atoms with Gasteiger partial charge in [-0.3, -0.25) is 5.32 Å². The number of carbonyl (C=O) groups excluding carboxylic acids is 1. The van der Waals surface area contributed by atoms with E-state index in [1.807, 2.05) is 0 Å². The number of aromatic nitrogens is 1. The fraction of sp³-hybridized carbons (Fsp3) is 0.182. The first-order chi connectivity index (χ1) is 15.0. The first-order valence-electron chi connectivity index (χ1n) is 9.57.